The van der Waals surface area contributed by atoms with E-state index in [1.807, 2.05) is 13.0 Å². The standard InChI is InChI=1S/C15H16O2S/c1-14(17)3-4-15-7-9-2-5-18-13(9)10(15)6-12(16)11(14)8-15/h2,5-6,11,17H,3-4,7-8H2,1H3. The van der Waals surface area contributed by atoms with Crippen LogP contribution in [0.4, 0.5) is 0 Å². The summed E-state index contributed by atoms with van der Waals surface area (Å²) in [5, 5.41) is 12.5. The van der Waals surface area contributed by atoms with Crippen molar-refractivity contribution in [2.24, 2.45) is 11.3 Å². The normalized spacial score (nSPS) is 41.3. The number of allylic oxidation sites excluding steroid dienone is 2. The maximum absolute atomic E-state index is 12.3. The molecule has 0 aliphatic heterocycles. The van der Waals surface area contributed by atoms with Gasteiger partial charge < -0.3 is 5.11 Å². The van der Waals surface area contributed by atoms with E-state index in [0.29, 0.717) is 0 Å². The Bertz CT molecular complexity index is 581. The third-order valence-electron chi connectivity index (χ3n) is 5.18. The van der Waals surface area contributed by atoms with Crippen LogP contribution in [0.5, 0.6) is 0 Å². The lowest BCUT2D eigenvalue weighted by atomic mass is 9.57. The number of hydrogen-bond acceptors (Lipinski definition) is 3. The average molecular weight is 260 g/mol. The van der Waals surface area contributed by atoms with Crippen LogP contribution in [0.25, 0.3) is 5.57 Å². The fraction of sp³-hybridized carbons (Fsp3) is 0.533. The number of rotatable bonds is 0. The van der Waals surface area contributed by atoms with E-state index in [1.165, 1.54) is 16.0 Å². The van der Waals surface area contributed by atoms with Crippen molar-refractivity contribution in [3.8, 4) is 0 Å². The van der Waals surface area contributed by atoms with E-state index < -0.39 is 5.60 Å². The SMILES string of the molecule is CC1(O)CCC23Cc4ccsc4C2=CC(=O)C1C3. The van der Waals surface area contributed by atoms with Crippen LogP contribution < -0.4 is 0 Å². The molecule has 0 radical (unpaired) electrons. The van der Waals surface area contributed by atoms with Crippen molar-refractivity contribution in [1.29, 1.82) is 0 Å². The molecule has 3 aliphatic rings. The highest BCUT2D eigenvalue weighted by Gasteiger charge is 2.55. The Balaban J connectivity index is 1.89. The van der Waals surface area contributed by atoms with Crippen LogP contribution >= 0.6 is 11.3 Å². The molecule has 1 heterocycles. The molecule has 18 heavy (non-hydrogen) atoms. The van der Waals surface area contributed by atoms with Crippen molar-refractivity contribution in [3.05, 3.63) is 28.0 Å². The second-order valence-electron chi connectivity index (χ2n) is 6.31. The second-order valence-corrected chi connectivity index (χ2v) is 7.22. The van der Waals surface area contributed by atoms with Crippen LogP contribution in [0, 0.1) is 11.3 Å². The fourth-order valence-electron chi connectivity index (χ4n) is 4.06. The first-order chi connectivity index (χ1) is 8.52. The van der Waals surface area contributed by atoms with Crippen LogP contribution in [-0.4, -0.2) is 16.5 Å². The Morgan fingerprint density at radius 1 is 1.44 bits per heavy atom. The molecule has 2 bridgehead atoms. The van der Waals surface area contributed by atoms with Gasteiger partial charge in [-0.1, -0.05) is 0 Å². The topological polar surface area (TPSA) is 37.3 Å². The average Bonchev–Trinajstić information content (AvgIpc) is 2.85. The maximum atomic E-state index is 12.3. The quantitative estimate of drug-likeness (QED) is 0.779. The Morgan fingerprint density at radius 3 is 3.11 bits per heavy atom. The lowest BCUT2D eigenvalue weighted by molar-refractivity contribution is -0.134. The molecule has 1 N–H and O–H groups in total. The summed E-state index contributed by atoms with van der Waals surface area (Å²) in [4.78, 5) is 13.6. The van der Waals surface area contributed by atoms with Gasteiger partial charge in [0.15, 0.2) is 5.78 Å². The molecule has 4 rings (SSSR count). The van der Waals surface area contributed by atoms with E-state index in [2.05, 4.69) is 11.4 Å². The van der Waals surface area contributed by atoms with Crippen molar-refractivity contribution in [2.45, 2.75) is 38.2 Å². The van der Waals surface area contributed by atoms with Crippen molar-refractivity contribution < 1.29 is 9.90 Å². The first kappa shape index (κ1) is 10.9. The van der Waals surface area contributed by atoms with Gasteiger partial charge in [0.2, 0.25) is 0 Å². The Kier molecular flexibility index (Phi) is 1.91. The number of thiophene rings is 1. The smallest absolute Gasteiger partial charge is 0.162 e. The molecule has 2 nitrogen and oxygen atoms in total. The van der Waals surface area contributed by atoms with Gasteiger partial charge in [0.1, 0.15) is 0 Å². The molecule has 3 aliphatic carbocycles. The van der Waals surface area contributed by atoms with Crippen LogP contribution in [0.3, 0.4) is 0 Å². The van der Waals surface area contributed by atoms with E-state index in [9.17, 15) is 9.90 Å². The van der Waals surface area contributed by atoms with Crippen LogP contribution in [0.2, 0.25) is 0 Å². The third kappa shape index (κ3) is 1.19. The summed E-state index contributed by atoms with van der Waals surface area (Å²) >= 11 is 1.76. The summed E-state index contributed by atoms with van der Waals surface area (Å²) in [5.41, 5.74) is 2.02. The largest absolute Gasteiger partial charge is 0.389 e. The van der Waals surface area contributed by atoms with Gasteiger partial charge in [0.05, 0.1) is 11.5 Å². The third-order valence-corrected chi connectivity index (χ3v) is 6.17. The van der Waals surface area contributed by atoms with E-state index in [-0.39, 0.29) is 17.1 Å². The van der Waals surface area contributed by atoms with Gasteiger partial charge in [-0.15, -0.1) is 11.3 Å². The lowest BCUT2D eigenvalue weighted by Crippen LogP contribution is -2.50. The summed E-state index contributed by atoms with van der Waals surface area (Å²) in [6, 6.07) is 2.19. The number of carbonyl (C=O) groups is 1. The molecule has 1 aromatic heterocycles. The molecule has 94 valence electrons. The number of ketones is 1. The fourth-order valence-corrected chi connectivity index (χ4v) is 5.13. The minimum Gasteiger partial charge on any atom is -0.389 e. The number of hydrogen-bond donors (Lipinski definition) is 1. The van der Waals surface area contributed by atoms with E-state index in [0.717, 1.165) is 25.7 Å². The number of fused-ring (bicyclic) bond motifs is 3. The Hall–Kier alpha value is -0.930. The Labute approximate surface area is 110 Å². The second kappa shape index (κ2) is 3.14. The van der Waals surface area contributed by atoms with Gasteiger partial charge in [-0.2, -0.15) is 0 Å². The zero-order chi connectivity index (χ0) is 12.5. The summed E-state index contributed by atoms with van der Waals surface area (Å²) in [6.07, 6.45) is 5.50. The lowest BCUT2D eigenvalue weighted by Gasteiger charge is -2.48. The van der Waals surface area contributed by atoms with E-state index >= 15 is 0 Å². The van der Waals surface area contributed by atoms with Crippen LogP contribution in [-0.2, 0) is 11.2 Å². The highest BCUT2D eigenvalue weighted by Crippen LogP contribution is 2.61. The predicted octanol–water partition coefficient (Wildman–Crippen LogP) is 2.81. The molecule has 1 spiro atoms. The summed E-state index contributed by atoms with van der Waals surface area (Å²) < 4.78 is 0. The molecule has 3 unspecified atom stereocenters. The highest BCUT2D eigenvalue weighted by atomic mass is 32.1. The van der Waals surface area contributed by atoms with Crippen molar-refractivity contribution >= 4 is 22.7 Å². The molecular formula is C15H16O2S. The summed E-state index contributed by atoms with van der Waals surface area (Å²) in [6.45, 7) is 1.83. The monoisotopic (exact) mass is 260 g/mol. The molecular weight excluding hydrogens is 244 g/mol. The Morgan fingerprint density at radius 2 is 2.28 bits per heavy atom. The van der Waals surface area contributed by atoms with Gasteiger partial charge in [-0.3, -0.25) is 4.79 Å². The van der Waals surface area contributed by atoms with Gasteiger partial charge in [0, 0.05) is 10.3 Å². The predicted molar refractivity (Wildman–Crippen MR) is 71.4 cm³/mol. The zero-order valence-electron chi connectivity index (χ0n) is 10.4. The van der Waals surface area contributed by atoms with Gasteiger partial charge >= 0.3 is 0 Å². The van der Waals surface area contributed by atoms with Crippen molar-refractivity contribution in [2.75, 3.05) is 0 Å². The molecule has 0 saturated heterocycles. The number of carbonyl (C=O) groups excluding carboxylic acids is 1. The molecule has 1 fully saturated rings. The van der Waals surface area contributed by atoms with Crippen LogP contribution in [0.15, 0.2) is 17.5 Å². The highest BCUT2D eigenvalue weighted by molar-refractivity contribution is 7.11. The first-order valence-corrected chi connectivity index (χ1v) is 7.45. The molecule has 0 amide bonds. The van der Waals surface area contributed by atoms with E-state index in [4.69, 9.17) is 0 Å². The number of aliphatic hydroxyl groups is 1. The minimum absolute atomic E-state index is 0.131. The molecule has 0 aromatic carbocycles. The molecule has 1 saturated carbocycles. The van der Waals surface area contributed by atoms with Gasteiger partial charge in [0.25, 0.3) is 0 Å². The summed E-state index contributed by atoms with van der Waals surface area (Å²) in [7, 11) is 0. The zero-order valence-corrected chi connectivity index (χ0v) is 11.2. The first-order valence-electron chi connectivity index (χ1n) is 6.57. The maximum Gasteiger partial charge on any atom is 0.162 e. The van der Waals surface area contributed by atoms with Crippen molar-refractivity contribution in [1.82, 2.24) is 0 Å². The molecule has 1 aromatic rings. The molecule has 3 atom stereocenters. The van der Waals surface area contributed by atoms with Gasteiger partial charge in [-0.25, -0.2) is 0 Å². The van der Waals surface area contributed by atoms with E-state index in [1.54, 1.807) is 11.3 Å². The summed E-state index contributed by atoms with van der Waals surface area (Å²) in [5.74, 6) is -0.0596. The van der Waals surface area contributed by atoms with Gasteiger partial charge in [-0.05, 0) is 61.3 Å². The van der Waals surface area contributed by atoms with Crippen molar-refractivity contribution in [3.63, 3.8) is 0 Å². The minimum atomic E-state index is -0.805. The van der Waals surface area contributed by atoms with Crippen LogP contribution in [0.1, 0.15) is 36.6 Å². The molecule has 3 heteroatoms.